The van der Waals surface area contributed by atoms with Crippen molar-refractivity contribution in [2.45, 2.75) is 51.1 Å². The lowest BCUT2D eigenvalue weighted by Gasteiger charge is -2.39. The maximum absolute atomic E-state index is 9.40. The number of hydrogen-bond donors (Lipinski definition) is 2. The number of nitriles is 1. The summed E-state index contributed by atoms with van der Waals surface area (Å²) < 4.78 is 0. The van der Waals surface area contributed by atoms with E-state index in [0.717, 1.165) is 31.6 Å². The molecule has 0 aromatic carbocycles. The number of aliphatic hydroxyl groups is 1. The van der Waals surface area contributed by atoms with Crippen molar-refractivity contribution in [1.82, 2.24) is 5.32 Å². The van der Waals surface area contributed by atoms with Crippen molar-refractivity contribution in [2.75, 3.05) is 6.61 Å². The highest BCUT2D eigenvalue weighted by atomic mass is 16.3. The van der Waals surface area contributed by atoms with Crippen LogP contribution in [-0.4, -0.2) is 23.3 Å². The molecule has 1 saturated carbocycles. The van der Waals surface area contributed by atoms with E-state index < -0.39 is 0 Å². The number of nitrogens with one attached hydrogen (secondary N) is 1. The van der Waals surface area contributed by atoms with Crippen LogP contribution in [0, 0.1) is 17.2 Å². The zero-order valence-corrected chi connectivity index (χ0v) is 9.08. The third-order valence-corrected chi connectivity index (χ3v) is 3.25. The van der Waals surface area contributed by atoms with Gasteiger partial charge in [0.05, 0.1) is 18.7 Å². The van der Waals surface area contributed by atoms with Crippen LogP contribution in [0.2, 0.25) is 0 Å². The van der Waals surface area contributed by atoms with Crippen molar-refractivity contribution in [3.8, 4) is 6.07 Å². The van der Waals surface area contributed by atoms with Gasteiger partial charge in [-0.1, -0.05) is 6.92 Å². The maximum atomic E-state index is 9.40. The Kier molecular flexibility index (Phi) is 3.91. The maximum Gasteiger partial charge on any atom is 0.0929 e. The van der Waals surface area contributed by atoms with Gasteiger partial charge in [-0.05, 0) is 38.5 Å². The van der Waals surface area contributed by atoms with Crippen LogP contribution in [0.4, 0.5) is 0 Å². The van der Waals surface area contributed by atoms with Gasteiger partial charge in [0, 0.05) is 5.54 Å². The van der Waals surface area contributed by atoms with Crippen LogP contribution >= 0.6 is 0 Å². The molecule has 0 saturated heterocycles. The molecule has 0 radical (unpaired) electrons. The largest absolute Gasteiger partial charge is 0.394 e. The molecule has 0 heterocycles. The fourth-order valence-electron chi connectivity index (χ4n) is 2.15. The Morgan fingerprint density at radius 3 is 2.57 bits per heavy atom. The molecule has 0 bridgehead atoms. The smallest absolute Gasteiger partial charge is 0.0929 e. The topological polar surface area (TPSA) is 56.0 Å². The van der Waals surface area contributed by atoms with E-state index in [4.69, 9.17) is 5.26 Å². The summed E-state index contributed by atoms with van der Waals surface area (Å²) in [5, 5.41) is 21.4. The van der Waals surface area contributed by atoms with E-state index in [-0.39, 0.29) is 18.2 Å². The molecule has 1 aliphatic carbocycles. The Morgan fingerprint density at radius 2 is 2.14 bits per heavy atom. The van der Waals surface area contributed by atoms with Crippen molar-refractivity contribution in [1.29, 1.82) is 5.26 Å². The van der Waals surface area contributed by atoms with Gasteiger partial charge < -0.3 is 5.11 Å². The first-order valence-corrected chi connectivity index (χ1v) is 5.40. The molecular weight excluding hydrogens is 176 g/mol. The van der Waals surface area contributed by atoms with Crippen LogP contribution in [0.25, 0.3) is 0 Å². The SMILES string of the molecule is CC1CCC(CO)(NC(C)C#N)CC1. The summed E-state index contributed by atoms with van der Waals surface area (Å²) in [7, 11) is 0. The molecule has 0 aromatic rings. The molecule has 3 nitrogen and oxygen atoms in total. The van der Waals surface area contributed by atoms with Gasteiger partial charge in [-0.15, -0.1) is 0 Å². The quantitative estimate of drug-likeness (QED) is 0.718. The second-order valence-electron chi connectivity index (χ2n) is 4.62. The van der Waals surface area contributed by atoms with E-state index in [9.17, 15) is 5.11 Å². The monoisotopic (exact) mass is 196 g/mol. The highest BCUT2D eigenvalue weighted by molar-refractivity contribution is 4.98. The van der Waals surface area contributed by atoms with E-state index in [0.29, 0.717) is 0 Å². The Hall–Kier alpha value is -0.590. The molecule has 80 valence electrons. The van der Waals surface area contributed by atoms with Gasteiger partial charge in [-0.25, -0.2) is 0 Å². The predicted octanol–water partition coefficient (Wildman–Crippen LogP) is 1.43. The molecule has 1 rings (SSSR count). The minimum atomic E-state index is -0.193. The zero-order valence-electron chi connectivity index (χ0n) is 9.08. The first-order valence-electron chi connectivity index (χ1n) is 5.40. The van der Waals surface area contributed by atoms with E-state index in [1.54, 1.807) is 0 Å². The summed E-state index contributed by atoms with van der Waals surface area (Å²) in [5.41, 5.74) is -0.193. The fourth-order valence-corrected chi connectivity index (χ4v) is 2.15. The lowest BCUT2D eigenvalue weighted by atomic mass is 9.77. The average Bonchev–Trinajstić information content (AvgIpc) is 2.22. The minimum absolute atomic E-state index is 0.145. The van der Waals surface area contributed by atoms with Crippen molar-refractivity contribution < 1.29 is 5.11 Å². The summed E-state index contributed by atoms with van der Waals surface area (Å²) in [6.07, 6.45) is 4.25. The molecule has 0 aliphatic heterocycles. The Balaban J connectivity index is 2.55. The van der Waals surface area contributed by atoms with Crippen LogP contribution in [0.5, 0.6) is 0 Å². The lowest BCUT2D eigenvalue weighted by Crippen LogP contribution is -2.53. The van der Waals surface area contributed by atoms with Crippen LogP contribution in [0.15, 0.2) is 0 Å². The third-order valence-electron chi connectivity index (χ3n) is 3.25. The van der Waals surface area contributed by atoms with Crippen molar-refractivity contribution in [3.63, 3.8) is 0 Å². The van der Waals surface area contributed by atoms with Gasteiger partial charge in [0.2, 0.25) is 0 Å². The zero-order chi connectivity index (χ0) is 10.6. The molecule has 2 N–H and O–H groups in total. The van der Waals surface area contributed by atoms with Crippen LogP contribution < -0.4 is 5.32 Å². The van der Waals surface area contributed by atoms with Gasteiger partial charge in [0.1, 0.15) is 0 Å². The van der Waals surface area contributed by atoms with Crippen molar-refractivity contribution in [3.05, 3.63) is 0 Å². The number of hydrogen-bond acceptors (Lipinski definition) is 3. The summed E-state index contributed by atoms with van der Waals surface area (Å²) in [4.78, 5) is 0. The van der Waals surface area contributed by atoms with E-state index >= 15 is 0 Å². The van der Waals surface area contributed by atoms with Crippen molar-refractivity contribution >= 4 is 0 Å². The number of rotatable bonds is 3. The Bertz CT molecular complexity index is 214. The molecule has 14 heavy (non-hydrogen) atoms. The summed E-state index contributed by atoms with van der Waals surface area (Å²) in [6.45, 7) is 4.23. The first kappa shape index (κ1) is 11.5. The second-order valence-corrected chi connectivity index (χ2v) is 4.62. The number of aliphatic hydroxyl groups excluding tert-OH is 1. The highest BCUT2D eigenvalue weighted by Crippen LogP contribution is 2.31. The normalized spacial score (nSPS) is 34.9. The molecule has 1 fully saturated rings. The van der Waals surface area contributed by atoms with E-state index in [1.807, 2.05) is 6.92 Å². The molecule has 0 spiro atoms. The molecule has 1 unspecified atom stereocenters. The third kappa shape index (κ3) is 2.70. The van der Waals surface area contributed by atoms with Crippen LogP contribution in [0.3, 0.4) is 0 Å². The summed E-state index contributed by atoms with van der Waals surface area (Å²) in [6, 6.07) is 1.99. The number of nitrogens with zero attached hydrogens (tertiary/aromatic N) is 1. The molecule has 0 amide bonds. The fraction of sp³-hybridized carbons (Fsp3) is 0.909. The molecule has 1 aliphatic rings. The standard InChI is InChI=1S/C11H20N2O/c1-9-3-5-11(8-14,6-4-9)13-10(2)7-12/h9-10,13-14H,3-6,8H2,1-2H3. The van der Waals surface area contributed by atoms with Crippen LogP contribution in [-0.2, 0) is 0 Å². The van der Waals surface area contributed by atoms with Crippen LogP contribution in [0.1, 0.15) is 39.5 Å². The van der Waals surface area contributed by atoms with Crippen molar-refractivity contribution in [2.24, 2.45) is 5.92 Å². The Labute approximate surface area is 86.1 Å². The van der Waals surface area contributed by atoms with Gasteiger partial charge in [-0.3, -0.25) is 5.32 Å². The molecular formula is C11H20N2O. The first-order chi connectivity index (χ1) is 6.62. The Morgan fingerprint density at radius 1 is 1.57 bits per heavy atom. The molecule has 3 heteroatoms. The average molecular weight is 196 g/mol. The van der Waals surface area contributed by atoms with Gasteiger partial charge >= 0.3 is 0 Å². The molecule has 0 aromatic heterocycles. The van der Waals surface area contributed by atoms with Gasteiger partial charge in [-0.2, -0.15) is 5.26 Å². The highest BCUT2D eigenvalue weighted by Gasteiger charge is 2.34. The van der Waals surface area contributed by atoms with E-state index in [1.165, 1.54) is 0 Å². The second kappa shape index (κ2) is 4.77. The summed E-state index contributed by atoms with van der Waals surface area (Å²) in [5.74, 6) is 0.758. The van der Waals surface area contributed by atoms with E-state index in [2.05, 4.69) is 18.3 Å². The predicted molar refractivity (Wildman–Crippen MR) is 55.7 cm³/mol. The van der Waals surface area contributed by atoms with Gasteiger partial charge in [0.25, 0.3) is 0 Å². The molecule has 1 atom stereocenters. The van der Waals surface area contributed by atoms with Gasteiger partial charge in [0.15, 0.2) is 0 Å². The lowest BCUT2D eigenvalue weighted by molar-refractivity contribution is 0.102. The minimum Gasteiger partial charge on any atom is -0.394 e. The summed E-state index contributed by atoms with van der Waals surface area (Å²) >= 11 is 0.